The van der Waals surface area contributed by atoms with Crippen molar-refractivity contribution >= 4 is 23.6 Å². The van der Waals surface area contributed by atoms with Crippen LogP contribution >= 0.6 is 11.6 Å². The predicted molar refractivity (Wildman–Crippen MR) is 177 cm³/mol. The van der Waals surface area contributed by atoms with Gasteiger partial charge in [-0.1, -0.05) is 41.9 Å². The average Bonchev–Trinajstić information content (AvgIpc) is 3.42. The minimum atomic E-state index is -1.24. The van der Waals surface area contributed by atoms with E-state index in [0.29, 0.717) is 17.7 Å². The molecule has 2 aliphatic heterocycles. The number of ether oxygens (including phenoxy) is 5. The van der Waals surface area contributed by atoms with Gasteiger partial charge in [0.1, 0.15) is 23.8 Å². The first kappa shape index (κ1) is 35.4. The van der Waals surface area contributed by atoms with Gasteiger partial charge in [0.2, 0.25) is 0 Å². The SMILES string of the molecule is CNC(=O)c1ccc(OCCO[C@H]2CCCCO2)c(F)c1-c1c(Cl)c(F)cc2c1C[C@@](CN(C)C(=O)OC(C)(C)C)(c1ccccc1)O2. The Bertz CT molecular complexity index is 1640. The Morgan fingerprint density at radius 3 is 2.50 bits per heavy atom. The molecule has 0 bridgehead atoms. The van der Waals surface area contributed by atoms with Gasteiger partial charge >= 0.3 is 6.09 Å². The maximum atomic E-state index is 16.6. The maximum Gasteiger partial charge on any atom is 0.410 e. The first-order valence-corrected chi connectivity index (χ1v) is 16.3. The summed E-state index contributed by atoms with van der Waals surface area (Å²) >= 11 is 6.65. The normalized spacial score (nSPS) is 18.9. The number of nitrogens with zero attached hydrogens (tertiary/aromatic N) is 1. The minimum absolute atomic E-state index is 0.00175. The molecule has 1 N–H and O–H groups in total. The Labute approximate surface area is 284 Å². The molecule has 1 fully saturated rings. The van der Waals surface area contributed by atoms with Crippen molar-refractivity contribution in [3.8, 4) is 22.6 Å². The van der Waals surface area contributed by atoms with E-state index in [-0.39, 0.29) is 65.7 Å². The molecule has 12 heteroatoms. The van der Waals surface area contributed by atoms with Crippen molar-refractivity contribution in [2.24, 2.45) is 0 Å². The standard InChI is InChI=1S/C36H41ClF2N2O7/c1-35(2,3)48-34(43)41(5)21-36(22-11-7-6-8-12-22)20-24-27(47-36)19-25(38)31(37)29(24)30-23(33(42)40-4)14-15-26(32(30)39)44-17-18-46-28-13-9-10-16-45-28/h6-8,11-12,14-15,19,28H,9-10,13,16-18,20-21H2,1-5H3,(H,40,42)/t28-,36+/m0/s1. The lowest BCUT2D eigenvalue weighted by Gasteiger charge is -2.34. The van der Waals surface area contributed by atoms with Crippen LogP contribution in [0.1, 0.15) is 61.5 Å². The first-order chi connectivity index (χ1) is 22.8. The van der Waals surface area contributed by atoms with E-state index in [4.69, 9.17) is 35.3 Å². The fraction of sp³-hybridized carbons (Fsp3) is 0.444. The largest absolute Gasteiger partial charge is 0.488 e. The Balaban J connectivity index is 1.55. The van der Waals surface area contributed by atoms with Gasteiger partial charge in [0, 0.05) is 49.9 Å². The summed E-state index contributed by atoms with van der Waals surface area (Å²) in [4.78, 5) is 27.6. The van der Waals surface area contributed by atoms with E-state index in [2.05, 4.69) is 5.32 Å². The number of benzene rings is 3. The summed E-state index contributed by atoms with van der Waals surface area (Å²) in [5, 5.41) is 2.13. The van der Waals surface area contributed by atoms with E-state index in [1.54, 1.807) is 27.8 Å². The van der Waals surface area contributed by atoms with Crippen LogP contribution in [-0.4, -0.2) is 69.3 Å². The number of carbonyl (C=O) groups is 2. The molecule has 0 radical (unpaired) electrons. The van der Waals surface area contributed by atoms with Gasteiger partial charge in [-0.25, -0.2) is 13.6 Å². The van der Waals surface area contributed by atoms with Gasteiger partial charge in [-0.15, -0.1) is 0 Å². The molecular weight excluding hydrogens is 646 g/mol. The predicted octanol–water partition coefficient (Wildman–Crippen LogP) is 7.26. The zero-order valence-corrected chi connectivity index (χ0v) is 28.5. The van der Waals surface area contributed by atoms with Crippen LogP contribution in [-0.2, 0) is 26.2 Å². The monoisotopic (exact) mass is 686 g/mol. The molecule has 1 saturated heterocycles. The number of halogens is 3. The minimum Gasteiger partial charge on any atom is -0.488 e. The summed E-state index contributed by atoms with van der Waals surface area (Å²) in [6.07, 6.45) is 1.87. The van der Waals surface area contributed by atoms with E-state index in [9.17, 15) is 9.59 Å². The summed E-state index contributed by atoms with van der Waals surface area (Å²) in [7, 11) is 2.99. The molecule has 0 unspecified atom stereocenters. The molecule has 2 amide bonds. The van der Waals surface area contributed by atoms with Crippen molar-refractivity contribution in [1.82, 2.24) is 10.2 Å². The highest BCUT2D eigenvalue weighted by Gasteiger charge is 2.46. The van der Waals surface area contributed by atoms with Crippen molar-refractivity contribution in [3.63, 3.8) is 0 Å². The summed E-state index contributed by atoms with van der Waals surface area (Å²) in [5.41, 5.74) is -1.29. The third-order valence-electron chi connectivity index (χ3n) is 8.16. The third-order valence-corrected chi connectivity index (χ3v) is 8.53. The van der Waals surface area contributed by atoms with E-state index >= 15 is 8.78 Å². The van der Waals surface area contributed by atoms with Crippen LogP contribution in [0.3, 0.4) is 0 Å². The summed E-state index contributed by atoms with van der Waals surface area (Å²) < 4.78 is 61.4. The molecule has 3 aromatic carbocycles. The molecule has 2 atom stereocenters. The molecule has 258 valence electrons. The molecule has 3 aromatic rings. The topological polar surface area (TPSA) is 95.6 Å². The lowest BCUT2D eigenvalue weighted by atomic mass is 9.85. The van der Waals surface area contributed by atoms with Crippen molar-refractivity contribution in [3.05, 3.63) is 81.9 Å². The fourth-order valence-corrected chi connectivity index (χ4v) is 6.24. The van der Waals surface area contributed by atoms with Gasteiger partial charge in [0.15, 0.2) is 23.5 Å². The summed E-state index contributed by atoms with van der Waals surface area (Å²) in [5.74, 6) is -2.45. The number of fused-ring (bicyclic) bond motifs is 1. The first-order valence-electron chi connectivity index (χ1n) is 15.9. The van der Waals surface area contributed by atoms with Gasteiger partial charge < -0.3 is 33.9 Å². The molecule has 0 aromatic heterocycles. The number of likely N-dealkylation sites (N-methyl/N-ethyl adjacent to an activating group) is 1. The van der Waals surface area contributed by atoms with Gasteiger partial charge in [0.05, 0.1) is 23.7 Å². The lowest BCUT2D eigenvalue weighted by molar-refractivity contribution is -0.165. The van der Waals surface area contributed by atoms with Crippen LogP contribution in [0.25, 0.3) is 11.1 Å². The number of carbonyl (C=O) groups excluding carboxylic acids is 2. The Hall–Kier alpha value is -3.93. The molecule has 0 saturated carbocycles. The molecule has 2 aliphatic rings. The van der Waals surface area contributed by atoms with Gasteiger partial charge in [-0.05, 0) is 57.7 Å². The molecule has 5 rings (SSSR count). The number of hydrogen-bond donors (Lipinski definition) is 1. The van der Waals surface area contributed by atoms with Gasteiger partial charge in [-0.2, -0.15) is 0 Å². The maximum absolute atomic E-state index is 16.6. The number of hydrogen-bond acceptors (Lipinski definition) is 7. The van der Waals surface area contributed by atoms with E-state index in [0.717, 1.165) is 25.3 Å². The second-order valence-electron chi connectivity index (χ2n) is 12.9. The molecule has 2 heterocycles. The van der Waals surface area contributed by atoms with Crippen molar-refractivity contribution in [2.45, 2.75) is 63.9 Å². The van der Waals surface area contributed by atoms with Crippen molar-refractivity contribution < 1.29 is 42.1 Å². The quantitative estimate of drug-likeness (QED) is 0.224. The zero-order chi connectivity index (χ0) is 34.6. The van der Waals surface area contributed by atoms with Crippen LogP contribution in [0, 0.1) is 11.6 Å². The zero-order valence-electron chi connectivity index (χ0n) is 27.8. The highest BCUT2D eigenvalue weighted by Crippen LogP contribution is 2.51. The smallest absolute Gasteiger partial charge is 0.410 e. The molecule has 48 heavy (non-hydrogen) atoms. The number of rotatable bonds is 10. The van der Waals surface area contributed by atoms with Crippen LogP contribution in [0.15, 0.2) is 48.5 Å². The van der Waals surface area contributed by atoms with E-state index in [1.165, 1.54) is 24.1 Å². The van der Waals surface area contributed by atoms with E-state index < -0.39 is 34.8 Å². The Kier molecular flexibility index (Phi) is 10.8. The van der Waals surface area contributed by atoms with Crippen LogP contribution < -0.4 is 14.8 Å². The average molecular weight is 687 g/mol. The number of nitrogens with one attached hydrogen (secondary N) is 1. The summed E-state index contributed by atoms with van der Waals surface area (Å²) in [6.45, 7) is 6.05. The molecule has 0 aliphatic carbocycles. The third kappa shape index (κ3) is 7.69. The molecular formula is C36H41ClF2N2O7. The Morgan fingerprint density at radius 2 is 1.83 bits per heavy atom. The molecule has 0 spiro atoms. The number of amides is 2. The lowest BCUT2D eigenvalue weighted by Crippen LogP contribution is -2.46. The van der Waals surface area contributed by atoms with Crippen molar-refractivity contribution in [2.75, 3.05) is 40.5 Å². The van der Waals surface area contributed by atoms with Crippen LogP contribution in [0.5, 0.6) is 11.5 Å². The fourth-order valence-electron chi connectivity index (χ4n) is 5.98. The highest BCUT2D eigenvalue weighted by atomic mass is 35.5. The second kappa shape index (κ2) is 14.7. The van der Waals surface area contributed by atoms with Gasteiger partial charge in [0.25, 0.3) is 5.91 Å². The van der Waals surface area contributed by atoms with Crippen molar-refractivity contribution in [1.29, 1.82) is 0 Å². The second-order valence-corrected chi connectivity index (χ2v) is 13.3. The summed E-state index contributed by atoms with van der Waals surface area (Å²) in [6, 6.07) is 13.0. The van der Waals surface area contributed by atoms with E-state index in [1.807, 2.05) is 30.3 Å². The Morgan fingerprint density at radius 1 is 1.08 bits per heavy atom. The van der Waals surface area contributed by atoms with Crippen LogP contribution in [0.2, 0.25) is 5.02 Å². The van der Waals surface area contributed by atoms with Gasteiger partial charge in [-0.3, -0.25) is 4.79 Å². The molecule has 9 nitrogen and oxygen atoms in total. The highest BCUT2D eigenvalue weighted by molar-refractivity contribution is 6.34. The van der Waals surface area contributed by atoms with Crippen LogP contribution in [0.4, 0.5) is 13.6 Å².